The first-order chi connectivity index (χ1) is 14.5. The monoisotopic (exact) mass is 441 g/mol. The predicted octanol–water partition coefficient (Wildman–Crippen LogP) is 3.66. The van der Waals surface area contributed by atoms with Crippen molar-refractivity contribution in [3.8, 4) is 0 Å². The highest BCUT2D eigenvalue weighted by atomic mass is 19.4. The maximum absolute atomic E-state index is 13.9. The molecular formula is C21H23F4N3O3. The van der Waals surface area contributed by atoms with E-state index < -0.39 is 41.3 Å². The number of nitrogens with zero attached hydrogens (tertiary/aromatic N) is 1. The topological polar surface area (TPSA) is 80.2 Å². The number of hydrogen-bond acceptors (Lipinski definition) is 3. The summed E-state index contributed by atoms with van der Waals surface area (Å²) in [5.74, 6) is -2.51. The number of alkyl halides is 3. The lowest BCUT2D eigenvalue weighted by atomic mass is 10.1. The van der Waals surface area contributed by atoms with Gasteiger partial charge < -0.3 is 15.2 Å². The molecule has 0 saturated carbocycles. The molecule has 31 heavy (non-hydrogen) atoms. The van der Waals surface area contributed by atoms with E-state index in [0.29, 0.717) is 24.6 Å². The van der Waals surface area contributed by atoms with E-state index in [0.717, 1.165) is 0 Å². The van der Waals surface area contributed by atoms with E-state index in [1.54, 1.807) is 11.5 Å². The highest BCUT2D eigenvalue weighted by molar-refractivity contribution is 5.99. The lowest BCUT2D eigenvalue weighted by Crippen LogP contribution is -2.35. The number of aromatic nitrogens is 1. The standard InChI is InChI=1S/C21H23F4N3O3/c1-4-12(3)28-10-15(19(30)26-5-2)18(29)16(11-28)20(31)27-9-13-8-14(21(23,24)25)6-7-17(13)22/h6-8,10-12H,4-5,9H2,1-3H3,(H,26,30)(H,27,31)/t12-/m1/s1. The molecule has 1 aromatic heterocycles. The summed E-state index contributed by atoms with van der Waals surface area (Å²) in [5.41, 5.74) is -2.87. The van der Waals surface area contributed by atoms with Crippen molar-refractivity contribution in [3.63, 3.8) is 0 Å². The van der Waals surface area contributed by atoms with Crippen molar-refractivity contribution in [2.45, 2.75) is 46.0 Å². The van der Waals surface area contributed by atoms with Crippen LogP contribution in [0.5, 0.6) is 0 Å². The van der Waals surface area contributed by atoms with E-state index >= 15 is 0 Å². The van der Waals surface area contributed by atoms with Crippen LogP contribution < -0.4 is 16.1 Å². The molecule has 2 rings (SSSR count). The van der Waals surface area contributed by atoms with Gasteiger partial charge in [0.25, 0.3) is 11.8 Å². The molecule has 0 saturated heterocycles. The summed E-state index contributed by atoms with van der Waals surface area (Å²) in [6, 6.07) is 1.72. The zero-order valence-electron chi connectivity index (χ0n) is 17.3. The molecule has 0 unspecified atom stereocenters. The van der Waals surface area contributed by atoms with Crippen LogP contribution in [-0.4, -0.2) is 22.9 Å². The average Bonchev–Trinajstić information content (AvgIpc) is 2.71. The van der Waals surface area contributed by atoms with Crippen LogP contribution in [0.25, 0.3) is 0 Å². The molecule has 2 aromatic rings. The highest BCUT2D eigenvalue weighted by Gasteiger charge is 2.31. The molecule has 2 amide bonds. The zero-order valence-corrected chi connectivity index (χ0v) is 17.3. The number of nitrogens with one attached hydrogen (secondary N) is 2. The molecule has 0 aliphatic heterocycles. The Hall–Kier alpha value is -3.17. The van der Waals surface area contributed by atoms with Gasteiger partial charge in [0.2, 0.25) is 5.43 Å². The lowest BCUT2D eigenvalue weighted by Gasteiger charge is -2.17. The van der Waals surface area contributed by atoms with Gasteiger partial charge in [-0.25, -0.2) is 4.39 Å². The first-order valence-electron chi connectivity index (χ1n) is 9.67. The molecule has 0 aliphatic rings. The van der Waals surface area contributed by atoms with Gasteiger partial charge in [0.15, 0.2) is 0 Å². The summed E-state index contributed by atoms with van der Waals surface area (Å²) in [5, 5.41) is 4.77. The molecule has 10 heteroatoms. The van der Waals surface area contributed by atoms with Gasteiger partial charge >= 0.3 is 6.18 Å². The summed E-state index contributed by atoms with van der Waals surface area (Å²) in [7, 11) is 0. The third-order valence-electron chi connectivity index (χ3n) is 4.78. The summed E-state index contributed by atoms with van der Waals surface area (Å²) in [4.78, 5) is 37.6. The number of hydrogen-bond donors (Lipinski definition) is 2. The van der Waals surface area contributed by atoms with Crippen LogP contribution >= 0.6 is 0 Å². The molecule has 1 aromatic carbocycles. The molecule has 2 N–H and O–H groups in total. The molecule has 1 heterocycles. The van der Waals surface area contributed by atoms with Crippen molar-refractivity contribution < 1.29 is 27.2 Å². The fourth-order valence-corrected chi connectivity index (χ4v) is 2.80. The van der Waals surface area contributed by atoms with Crippen molar-refractivity contribution >= 4 is 11.8 Å². The second kappa shape index (κ2) is 9.76. The van der Waals surface area contributed by atoms with Gasteiger partial charge in [-0.3, -0.25) is 14.4 Å². The molecule has 6 nitrogen and oxygen atoms in total. The lowest BCUT2D eigenvalue weighted by molar-refractivity contribution is -0.137. The van der Waals surface area contributed by atoms with E-state index in [4.69, 9.17) is 0 Å². The molecule has 168 valence electrons. The summed E-state index contributed by atoms with van der Waals surface area (Å²) < 4.78 is 54.1. The number of halogens is 4. The van der Waals surface area contributed by atoms with Gasteiger partial charge in [-0.1, -0.05) is 6.92 Å². The van der Waals surface area contributed by atoms with Crippen LogP contribution in [0.15, 0.2) is 35.4 Å². The first kappa shape index (κ1) is 24.1. The number of rotatable bonds is 7. The van der Waals surface area contributed by atoms with Crippen molar-refractivity contribution in [2.24, 2.45) is 0 Å². The van der Waals surface area contributed by atoms with E-state index in [9.17, 15) is 31.9 Å². The van der Waals surface area contributed by atoms with Gasteiger partial charge in [0.1, 0.15) is 16.9 Å². The van der Waals surface area contributed by atoms with E-state index in [1.807, 2.05) is 13.8 Å². The quantitative estimate of drug-likeness (QED) is 0.644. The molecular weight excluding hydrogens is 418 g/mol. The first-order valence-corrected chi connectivity index (χ1v) is 9.67. The van der Waals surface area contributed by atoms with Crippen LogP contribution in [0.2, 0.25) is 0 Å². The zero-order chi connectivity index (χ0) is 23.3. The average molecular weight is 441 g/mol. The third-order valence-corrected chi connectivity index (χ3v) is 4.78. The van der Waals surface area contributed by atoms with Gasteiger partial charge in [-0.05, 0) is 38.5 Å². The van der Waals surface area contributed by atoms with Crippen molar-refractivity contribution in [2.75, 3.05) is 6.54 Å². The number of pyridine rings is 1. The second-order valence-corrected chi connectivity index (χ2v) is 6.97. The second-order valence-electron chi connectivity index (χ2n) is 6.97. The highest BCUT2D eigenvalue weighted by Crippen LogP contribution is 2.30. The normalized spacial score (nSPS) is 12.4. The largest absolute Gasteiger partial charge is 0.416 e. The number of benzene rings is 1. The molecule has 0 bridgehead atoms. The number of carbonyl (C=O) groups excluding carboxylic acids is 2. The maximum atomic E-state index is 13.9. The smallest absolute Gasteiger partial charge is 0.352 e. The summed E-state index contributed by atoms with van der Waals surface area (Å²) in [6.07, 6.45) is -1.40. The summed E-state index contributed by atoms with van der Waals surface area (Å²) in [6.45, 7) is 5.08. The van der Waals surface area contributed by atoms with Crippen LogP contribution in [0.3, 0.4) is 0 Å². The van der Waals surface area contributed by atoms with Crippen molar-refractivity contribution in [3.05, 3.63) is 68.9 Å². The Morgan fingerprint density at radius 2 is 1.65 bits per heavy atom. The van der Waals surface area contributed by atoms with Crippen LogP contribution in [0, 0.1) is 5.82 Å². The minimum atomic E-state index is -4.67. The maximum Gasteiger partial charge on any atom is 0.416 e. The van der Waals surface area contributed by atoms with Gasteiger partial charge in [0, 0.05) is 37.1 Å². The molecule has 0 spiro atoms. The molecule has 0 radical (unpaired) electrons. The van der Waals surface area contributed by atoms with Crippen LogP contribution in [0.4, 0.5) is 17.6 Å². The number of carbonyl (C=O) groups is 2. The van der Waals surface area contributed by atoms with E-state index in [-0.39, 0.29) is 29.3 Å². The van der Waals surface area contributed by atoms with Crippen molar-refractivity contribution in [1.29, 1.82) is 0 Å². The van der Waals surface area contributed by atoms with E-state index in [1.165, 1.54) is 12.4 Å². The Kier molecular flexibility index (Phi) is 7.59. The fraction of sp³-hybridized carbons (Fsp3) is 0.381. The van der Waals surface area contributed by atoms with E-state index in [2.05, 4.69) is 10.6 Å². The van der Waals surface area contributed by atoms with Gasteiger partial charge in [0.05, 0.1) is 5.56 Å². The van der Waals surface area contributed by atoms with Crippen LogP contribution in [-0.2, 0) is 12.7 Å². The minimum absolute atomic E-state index is 0.138. The Morgan fingerprint density at radius 1 is 1.06 bits per heavy atom. The third kappa shape index (κ3) is 5.71. The number of amides is 2. The Morgan fingerprint density at radius 3 is 2.16 bits per heavy atom. The Balaban J connectivity index is 2.38. The Labute approximate surface area is 176 Å². The van der Waals surface area contributed by atoms with Crippen molar-refractivity contribution in [1.82, 2.24) is 15.2 Å². The molecule has 0 aliphatic carbocycles. The molecule has 1 atom stereocenters. The fourth-order valence-electron chi connectivity index (χ4n) is 2.80. The SMILES string of the molecule is CCNC(=O)c1cn([C@H](C)CC)cc(C(=O)NCc2cc(C(F)(F)F)ccc2F)c1=O. The molecule has 0 fully saturated rings. The Bertz CT molecular complexity index is 1030. The minimum Gasteiger partial charge on any atom is -0.352 e. The van der Waals surface area contributed by atoms with Gasteiger partial charge in [-0.15, -0.1) is 0 Å². The van der Waals surface area contributed by atoms with Crippen LogP contribution in [0.1, 0.15) is 65.1 Å². The summed E-state index contributed by atoms with van der Waals surface area (Å²) >= 11 is 0. The predicted molar refractivity (Wildman–Crippen MR) is 106 cm³/mol. The van der Waals surface area contributed by atoms with Gasteiger partial charge in [-0.2, -0.15) is 13.2 Å².